The summed E-state index contributed by atoms with van der Waals surface area (Å²) in [6.45, 7) is 2.01. The van der Waals surface area contributed by atoms with E-state index < -0.39 is 5.60 Å². The number of rotatable bonds is 1. The van der Waals surface area contributed by atoms with Crippen LogP contribution in [0.1, 0.15) is 39.0 Å². The molecule has 1 aliphatic rings. The van der Waals surface area contributed by atoms with Gasteiger partial charge in [0.15, 0.2) is 0 Å². The molecule has 2 nitrogen and oxygen atoms in total. The minimum absolute atomic E-state index is 0.0197. The lowest BCUT2D eigenvalue weighted by Gasteiger charge is -2.36. The molecule has 0 amide bonds. The van der Waals surface area contributed by atoms with E-state index in [9.17, 15) is 5.11 Å². The van der Waals surface area contributed by atoms with Crippen LogP contribution in [0.15, 0.2) is 0 Å². The summed E-state index contributed by atoms with van der Waals surface area (Å²) in [5.41, 5.74) is 5.23. The van der Waals surface area contributed by atoms with Crippen molar-refractivity contribution in [3.8, 4) is 0 Å². The Balaban J connectivity index is 2.54. The lowest BCUT2D eigenvalue weighted by molar-refractivity contribution is -0.0173. The highest BCUT2D eigenvalue weighted by atomic mass is 16.3. The predicted octanol–water partition coefficient (Wildman–Crippen LogP) is 1.03. The van der Waals surface area contributed by atoms with Crippen LogP contribution in [0.25, 0.3) is 0 Å². The van der Waals surface area contributed by atoms with Crippen LogP contribution in [0.2, 0.25) is 0 Å². The van der Waals surface area contributed by atoms with Crippen molar-refractivity contribution < 1.29 is 5.11 Å². The van der Waals surface area contributed by atoms with Gasteiger partial charge in [0, 0.05) is 6.04 Å². The van der Waals surface area contributed by atoms with Gasteiger partial charge >= 0.3 is 0 Å². The van der Waals surface area contributed by atoms with Crippen molar-refractivity contribution in [2.24, 2.45) is 5.73 Å². The number of aliphatic hydroxyl groups is 1. The van der Waals surface area contributed by atoms with Crippen molar-refractivity contribution in [2.45, 2.75) is 50.7 Å². The number of hydrogen-bond donors (Lipinski definition) is 2. The van der Waals surface area contributed by atoms with Gasteiger partial charge in [-0.15, -0.1) is 0 Å². The molecule has 10 heavy (non-hydrogen) atoms. The molecule has 0 saturated heterocycles. The maximum atomic E-state index is 9.82. The Kier molecular flexibility index (Phi) is 2.32. The summed E-state index contributed by atoms with van der Waals surface area (Å²) < 4.78 is 0. The van der Waals surface area contributed by atoms with E-state index in [4.69, 9.17) is 5.73 Å². The zero-order chi connectivity index (χ0) is 7.61. The highest BCUT2D eigenvalue weighted by Gasteiger charge is 2.34. The van der Waals surface area contributed by atoms with Gasteiger partial charge in [-0.3, -0.25) is 0 Å². The van der Waals surface area contributed by atoms with Crippen LogP contribution >= 0.6 is 0 Å². The summed E-state index contributed by atoms with van der Waals surface area (Å²) in [7, 11) is 0. The van der Waals surface area contributed by atoms with Gasteiger partial charge in [-0.2, -0.15) is 0 Å². The average molecular weight is 143 g/mol. The van der Waals surface area contributed by atoms with Crippen LogP contribution in [-0.2, 0) is 0 Å². The molecule has 0 heterocycles. The topological polar surface area (TPSA) is 46.2 Å². The van der Waals surface area contributed by atoms with Gasteiger partial charge in [0.2, 0.25) is 0 Å². The largest absolute Gasteiger partial charge is 0.388 e. The first-order chi connectivity index (χ1) is 4.69. The van der Waals surface area contributed by atoms with Gasteiger partial charge in [0.1, 0.15) is 0 Å². The highest BCUT2D eigenvalue weighted by Crippen LogP contribution is 2.29. The van der Waals surface area contributed by atoms with Crippen LogP contribution in [0, 0.1) is 0 Å². The summed E-state index contributed by atoms with van der Waals surface area (Å²) in [4.78, 5) is 0. The third-order valence-electron chi connectivity index (χ3n) is 2.68. The highest BCUT2D eigenvalue weighted by molar-refractivity contribution is 4.91. The van der Waals surface area contributed by atoms with E-state index in [0.29, 0.717) is 0 Å². The average Bonchev–Trinajstić information content (AvgIpc) is 1.96. The zero-order valence-corrected chi connectivity index (χ0v) is 6.64. The maximum absolute atomic E-state index is 9.82. The predicted molar refractivity (Wildman–Crippen MR) is 41.7 cm³/mol. The Morgan fingerprint density at radius 1 is 1.60 bits per heavy atom. The molecule has 0 aromatic heterocycles. The zero-order valence-electron chi connectivity index (χ0n) is 6.64. The smallest absolute Gasteiger partial charge is 0.0795 e. The van der Waals surface area contributed by atoms with Crippen LogP contribution in [-0.4, -0.2) is 16.7 Å². The third-order valence-corrected chi connectivity index (χ3v) is 2.68. The molecule has 0 bridgehead atoms. The van der Waals surface area contributed by atoms with Crippen molar-refractivity contribution in [1.82, 2.24) is 0 Å². The Morgan fingerprint density at radius 2 is 2.30 bits per heavy atom. The van der Waals surface area contributed by atoms with Crippen LogP contribution < -0.4 is 5.73 Å². The standard InChI is InChI=1S/C8H17NO/c1-2-8(10)6-4-3-5-7(8)9/h7,10H,2-6,9H2,1H3/t7-,8-/m1/s1. The fraction of sp³-hybridized carbons (Fsp3) is 1.00. The summed E-state index contributed by atoms with van der Waals surface area (Å²) in [5, 5.41) is 9.82. The molecule has 3 N–H and O–H groups in total. The van der Waals surface area contributed by atoms with Crippen molar-refractivity contribution in [3.05, 3.63) is 0 Å². The van der Waals surface area contributed by atoms with Crippen LogP contribution in [0.5, 0.6) is 0 Å². The SMILES string of the molecule is CC[C@@]1(O)CCCC[C@H]1N. The first-order valence-electron chi connectivity index (χ1n) is 4.17. The van der Waals surface area contributed by atoms with E-state index in [1.807, 2.05) is 6.92 Å². The molecule has 0 aliphatic heterocycles. The summed E-state index contributed by atoms with van der Waals surface area (Å²) >= 11 is 0. The van der Waals surface area contributed by atoms with Gasteiger partial charge in [0.25, 0.3) is 0 Å². The van der Waals surface area contributed by atoms with Gasteiger partial charge in [-0.05, 0) is 19.3 Å². The molecule has 60 valence electrons. The molecular weight excluding hydrogens is 126 g/mol. The summed E-state index contributed by atoms with van der Waals surface area (Å²) in [5.74, 6) is 0. The fourth-order valence-corrected chi connectivity index (χ4v) is 1.69. The van der Waals surface area contributed by atoms with Crippen molar-refractivity contribution >= 4 is 0 Å². The molecule has 1 saturated carbocycles. The van der Waals surface area contributed by atoms with Crippen molar-refractivity contribution in [3.63, 3.8) is 0 Å². The fourth-order valence-electron chi connectivity index (χ4n) is 1.69. The first-order valence-corrected chi connectivity index (χ1v) is 4.17. The number of hydrogen-bond acceptors (Lipinski definition) is 2. The third kappa shape index (κ3) is 1.32. The molecule has 0 aromatic rings. The van der Waals surface area contributed by atoms with Crippen molar-refractivity contribution in [2.75, 3.05) is 0 Å². The molecular formula is C8H17NO. The van der Waals surface area contributed by atoms with Crippen LogP contribution in [0.4, 0.5) is 0 Å². The quantitative estimate of drug-likeness (QED) is 0.576. The first kappa shape index (κ1) is 8.02. The van der Waals surface area contributed by atoms with E-state index >= 15 is 0 Å². The van der Waals surface area contributed by atoms with E-state index in [2.05, 4.69) is 0 Å². The normalized spacial score (nSPS) is 41.7. The molecule has 1 aliphatic carbocycles. The molecule has 0 spiro atoms. The molecule has 1 fully saturated rings. The molecule has 1 rings (SSSR count). The van der Waals surface area contributed by atoms with E-state index in [1.165, 1.54) is 6.42 Å². The minimum Gasteiger partial charge on any atom is -0.388 e. The van der Waals surface area contributed by atoms with Crippen LogP contribution in [0.3, 0.4) is 0 Å². The Morgan fingerprint density at radius 3 is 2.70 bits per heavy atom. The molecule has 0 unspecified atom stereocenters. The lowest BCUT2D eigenvalue weighted by Crippen LogP contribution is -2.49. The summed E-state index contributed by atoms with van der Waals surface area (Å²) in [6, 6.07) is 0.0197. The number of nitrogens with two attached hydrogens (primary N) is 1. The molecule has 0 radical (unpaired) electrons. The monoisotopic (exact) mass is 143 g/mol. The molecule has 2 atom stereocenters. The Labute approximate surface area is 62.4 Å². The van der Waals surface area contributed by atoms with Crippen molar-refractivity contribution in [1.29, 1.82) is 0 Å². The Bertz CT molecular complexity index is 116. The molecule has 0 aromatic carbocycles. The summed E-state index contributed by atoms with van der Waals surface area (Å²) in [6.07, 6.45) is 5.00. The second kappa shape index (κ2) is 2.89. The van der Waals surface area contributed by atoms with Gasteiger partial charge in [-0.25, -0.2) is 0 Å². The van der Waals surface area contributed by atoms with E-state index in [1.54, 1.807) is 0 Å². The second-order valence-electron chi connectivity index (χ2n) is 3.31. The van der Waals surface area contributed by atoms with Gasteiger partial charge in [0.05, 0.1) is 5.60 Å². The minimum atomic E-state index is -0.543. The van der Waals surface area contributed by atoms with E-state index in [0.717, 1.165) is 25.7 Å². The lowest BCUT2D eigenvalue weighted by atomic mass is 9.79. The Hall–Kier alpha value is -0.0800. The van der Waals surface area contributed by atoms with E-state index in [-0.39, 0.29) is 6.04 Å². The maximum Gasteiger partial charge on any atom is 0.0795 e. The van der Waals surface area contributed by atoms with Gasteiger partial charge in [-0.1, -0.05) is 19.8 Å². The second-order valence-corrected chi connectivity index (χ2v) is 3.31. The molecule has 2 heteroatoms. The van der Waals surface area contributed by atoms with Gasteiger partial charge < -0.3 is 10.8 Å².